The molecule has 0 aromatic rings. The van der Waals surface area contributed by atoms with Gasteiger partial charge >= 0.3 is 0 Å². The second-order valence-electron chi connectivity index (χ2n) is 5.97. The monoisotopic (exact) mass is 304 g/mol. The molecule has 1 aliphatic rings. The van der Waals surface area contributed by atoms with E-state index in [0.29, 0.717) is 6.61 Å². The van der Waals surface area contributed by atoms with E-state index in [1.54, 1.807) is 0 Å². The van der Waals surface area contributed by atoms with Crippen molar-refractivity contribution in [3.05, 3.63) is 0 Å². The lowest BCUT2D eigenvalue weighted by Crippen LogP contribution is -2.40. The number of rotatable bonds is 12. The SMILES string of the molecule is CCCCCCCCCCOC[C@H](O)[C@H]1OC[C@@H](O)[C@H]1O. The van der Waals surface area contributed by atoms with E-state index >= 15 is 0 Å². The summed E-state index contributed by atoms with van der Waals surface area (Å²) >= 11 is 0. The Morgan fingerprint density at radius 2 is 1.67 bits per heavy atom. The minimum Gasteiger partial charge on any atom is -0.388 e. The molecule has 5 heteroatoms. The highest BCUT2D eigenvalue weighted by Gasteiger charge is 2.39. The second-order valence-corrected chi connectivity index (χ2v) is 5.97. The van der Waals surface area contributed by atoms with Crippen LogP contribution in [0.15, 0.2) is 0 Å². The summed E-state index contributed by atoms with van der Waals surface area (Å²) in [5.41, 5.74) is 0. The van der Waals surface area contributed by atoms with Crippen LogP contribution in [0.4, 0.5) is 0 Å². The molecular weight excluding hydrogens is 272 g/mol. The molecule has 4 atom stereocenters. The van der Waals surface area contributed by atoms with Gasteiger partial charge in [0.15, 0.2) is 0 Å². The van der Waals surface area contributed by atoms with Crippen LogP contribution >= 0.6 is 0 Å². The Morgan fingerprint density at radius 1 is 1.05 bits per heavy atom. The first-order valence-electron chi connectivity index (χ1n) is 8.40. The maximum Gasteiger partial charge on any atom is 0.114 e. The smallest absolute Gasteiger partial charge is 0.114 e. The van der Waals surface area contributed by atoms with Gasteiger partial charge in [0.2, 0.25) is 0 Å². The highest BCUT2D eigenvalue weighted by molar-refractivity contribution is 4.87. The molecule has 0 saturated carbocycles. The van der Waals surface area contributed by atoms with E-state index in [1.165, 1.54) is 38.5 Å². The molecule has 3 N–H and O–H groups in total. The number of hydrogen-bond donors (Lipinski definition) is 3. The largest absolute Gasteiger partial charge is 0.388 e. The standard InChI is InChI=1S/C16H32O5/c1-2-3-4-5-6-7-8-9-10-20-11-14(18)16-15(19)13(17)12-21-16/h13-19H,2-12H2,1H3/t13-,14+,15-,16-/m1/s1. The third-order valence-electron chi connectivity index (χ3n) is 4.00. The number of ether oxygens (including phenoxy) is 2. The zero-order valence-electron chi connectivity index (χ0n) is 13.2. The third kappa shape index (κ3) is 7.56. The molecule has 5 nitrogen and oxygen atoms in total. The van der Waals surface area contributed by atoms with Crippen LogP contribution in [0.1, 0.15) is 58.3 Å². The second kappa shape index (κ2) is 11.4. The van der Waals surface area contributed by atoms with E-state index in [2.05, 4.69) is 6.92 Å². The normalized spacial score (nSPS) is 27.1. The molecule has 1 heterocycles. The minimum absolute atomic E-state index is 0.0704. The van der Waals surface area contributed by atoms with E-state index in [4.69, 9.17) is 9.47 Å². The molecule has 1 rings (SSSR count). The molecule has 0 unspecified atom stereocenters. The predicted molar refractivity (Wildman–Crippen MR) is 81.2 cm³/mol. The molecule has 0 spiro atoms. The average Bonchev–Trinajstić information content (AvgIpc) is 2.81. The maximum atomic E-state index is 9.84. The molecule has 1 saturated heterocycles. The molecule has 0 aliphatic carbocycles. The highest BCUT2D eigenvalue weighted by atomic mass is 16.5. The van der Waals surface area contributed by atoms with Crippen molar-refractivity contribution in [3.8, 4) is 0 Å². The molecule has 0 bridgehead atoms. The molecule has 0 amide bonds. The lowest BCUT2D eigenvalue weighted by atomic mass is 10.1. The van der Waals surface area contributed by atoms with Crippen LogP contribution in [-0.2, 0) is 9.47 Å². The fraction of sp³-hybridized carbons (Fsp3) is 1.00. The predicted octanol–water partition coefficient (Wildman–Crippen LogP) is 1.63. The van der Waals surface area contributed by atoms with Gasteiger partial charge in [0.25, 0.3) is 0 Å². The topological polar surface area (TPSA) is 79.2 Å². The molecule has 1 fully saturated rings. The lowest BCUT2D eigenvalue weighted by molar-refractivity contribution is -0.0813. The summed E-state index contributed by atoms with van der Waals surface area (Å²) < 4.78 is 10.6. The van der Waals surface area contributed by atoms with Crippen LogP contribution in [0.5, 0.6) is 0 Å². The van der Waals surface area contributed by atoms with Crippen molar-refractivity contribution < 1.29 is 24.8 Å². The van der Waals surface area contributed by atoms with E-state index < -0.39 is 24.4 Å². The van der Waals surface area contributed by atoms with E-state index in [9.17, 15) is 15.3 Å². The van der Waals surface area contributed by atoms with E-state index in [1.807, 2.05) is 0 Å². The van der Waals surface area contributed by atoms with Crippen molar-refractivity contribution in [1.82, 2.24) is 0 Å². The Kier molecular flexibility index (Phi) is 10.2. The zero-order chi connectivity index (χ0) is 15.5. The lowest BCUT2D eigenvalue weighted by Gasteiger charge is -2.20. The first kappa shape index (κ1) is 18.8. The van der Waals surface area contributed by atoms with Gasteiger partial charge in [0.1, 0.15) is 24.4 Å². The van der Waals surface area contributed by atoms with Gasteiger partial charge in [0, 0.05) is 6.61 Å². The van der Waals surface area contributed by atoms with Gasteiger partial charge in [-0.05, 0) is 6.42 Å². The summed E-state index contributed by atoms with van der Waals surface area (Å²) in [6, 6.07) is 0. The quantitative estimate of drug-likeness (QED) is 0.478. The van der Waals surface area contributed by atoms with Crippen molar-refractivity contribution in [3.63, 3.8) is 0 Å². The van der Waals surface area contributed by atoms with Gasteiger partial charge in [-0.2, -0.15) is 0 Å². The first-order chi connectivity index (χ1) is 10.2. The number of aliphatic hydroxyl groups excluding tert-OH is 3. The van der Waals surface area contributed by atoms with Crippen molar-refractivity contribution in [2.45, 2.75) is 82.7 Å². The number of aliphatic hydroxyl groups is 3. The van der Waals surface area contributed by atoms with Crippen molar-refractivity contribution in [2.75, 3.05) is 19.8 Å². The van der Waals surface area contributed by atoms with Crippen LogP contribution in [-0.4, -0.2) is 59.6 Å². The van der Waals surface area contributed by atoms with Gasteiger partial charge in [-0.1, -0.05) is 51.9 Å². The first-order valence-corrected chi connectivity index (χ1v) is 8.40. The Hall–Kier alpha value is -0.200. The fourth-order valence-electron chi connectivity index (χ4n) is 2.60. The summed E-state index contributed by atoms with van der Waals surface area (Å²) in [5, 5.41) is 28.8. The Labute approximate surface area is 128 Å². The van der Waals surface area contributed by atoms with Gasteiger partial charge < -0.3 is 24.8 Å². The summed E-state index contributed by atoms with van der Waals surface area (Å²) in [4.78, 5) is 0. The Morgan fingerprint density at radius 3 is 2.24 bits per heavy atom. The maximum absolute atomic E-state index is 9.84. The molecule has 0 radical (unpaired) electrons. The van der Waals surface area contributed by atoms with E-state index in [-0.39, 0.29) is 13.2 Å². The highest BCUT2D eigenvalue weighted by Crippen LogP contribution is 2.18. The minimum atomic E-state index is -1.02. The van der Waals surface area contributed by atoms with Crippen LogP contribution in [0.2, 0.25) is 0 Å². The Balaban J connectivity index is 1.90. The van der Waals surface area contributed by atoms with Gasteiger partial charge in [-0.3, -0.25) is 0 Å². The molecule has 126 valence electrons. The number of hydrogen-bond acceptors (Lipinski definition) is 5. The molecule has 1 aliphatic heterocycles. The summed E-state index contributed by atoms with van der Waals surface area (Å²) in [5.74, 6) is 0. The van der Waals surface area contributed by atoms with Crippen molar-refractivity contribution >= 4 is 0 Å². The number of unbranched alkanes of at least 4 members (excludes halogenated alkanes) is 7. The molecule has 0 aromatic heterocycles. The molecular formula is C16H32O5. The van der Waals surface area contributed by atoms with Crippen LogP contribution in [0.3, 0.4) is 0 Å². The van der Waals surface area contributed by atoms with Crippen molar-refractivity contribution in [2.24, 2.45) is 0 Å². The summed E-state index contributed by atoms with van der Waals surface area (Å²) in [6.07, 6.45) is 6.43. The van der Waals surface area contributed by atoms with Gasteiger partial charge in [-0.15, -0.1) is 0 Å². The van der Waals surface area contributed by atoms with Crippen LogP contribution < -0.4 is 0 Å². The van der Waals surface area contributed by atoms with Crippen LogP contribution in [0, 0.1) is 0 Å². The summed E-state index contributed by atoms with van der Waals surface area (Å²) in [6.45, 7) is 3.06. The fourth-order valence-corrected chi connectivity index (χ4v) is 2.60. The molecule has 0 aromatic carbocycles. The third-order valence-corrected chi connectivity index (χ3v) is 4.00. The van der Waals surface area contributed by atoms with Gasteiger partial charge in [-0.25, -0.2) is 0 Å². The average molecular weight is 304 g/mol. The van der Waals surface area contributed by atoms with Gasteiger partial charge in [0.05, 0.1) is 13.2 Å². The molecule has 21 heavy (non-hydrogen) atoms. The van der Waals surface area contributed by atoms with E-state index in [0.717, 1.165) is 12.8 Å². The Bertz CT molecular complexity index is 249. The summed E-state index contributed by atoms with van der Waals surface area (Å²) in [7, 11) is 0. The zero-order valence-corrected chi connectivity index (χ0v) is 13.2. The van der Waals surface area contributed by atoms with Crippen molar-refractivity contribution in [1.29, 1.82) is 0 Å². The van der Waals surface area contributed by atoms with Crippen LogP contribution in [0.25, 0.3) is 0 Å².